The normalized spacial score (nSPS) is 14.6. The number of hydrogen-bond acceptors (Lipinski definition) is 5. The molecule has 0 bridgehead atoms. The molecule has 1 heterocycles. The van der Waals surface area contributed by atoms with Gasteiger partial charge in [-0.05, 0) is 53.9 Å². The fraction of sp³-hybridized carbons (Fsp3) is 0.259. The number of rotatable bonds is 10. The van der Waals surface area contributed by atoms with Gasteiger partial charge >= 0.3 is 0 Å². The summed E-state index contributed by atoms with van der Waals surface area (Å²) in [5, 5.41) is 9.99. The molecule has 0 spiro atoms. The van der Waals surface area contributed by atoms with E-state index in [2.05, 4.69) is 5.32 Å². The summed E-state index contributed by atoms with van der Waals surface area (Å²) >= 11 is 0. The third kappa shape index (κ3) is 6.23. The zero-order valence-corrected chi connectivity index (χ0v) is 19.7. The number of hydrogen-bond donors (Lipinski definition) is 3. The van der Waals surface area contributed by atoms with E-state index < -0.39 is 6.10 Å². The first-order valence-corrected chi connectivity index (χ1v) is 11.5. The molecule has 1 unspecified atom stereocenters. The minimum absolute atomic E-state index is 0.0328. The number of nitrogens with one attached hydrogen (secondary N) is 2. The summed E-state index contributed by atoms with van der Waals surface area (Å²) < 4.78 is 17.2. The Balaban J connectivity index is 1.36. The number of amides is 1. The summed E-state index contributed by atoms with van der Waals surface area (Å²) in [6, 6.07) is 23.1. The van der Waals surface area contributed by atoms with Crippen molar-refractivity contribution in [1.29, 1.82) is 5.41 Å². The lowest BCUT2D eigenvalue weighted by atomic mass is 10.1. The van der Waals surface area contributed by atoms with Gasteiger partial charge in [0, 0.05) is 13.0 Å². The number of anilines is 1. The summed E-state index contributed by atoms with van der Waals surface area (Å²) in [6.07, 6.45) is 0.560. The maximum Gasteiger partial charge on any atom is 0.268 e. The highest BCUT2D eigenvalue weighted by atomic mass is 16.5. The minimum atomic E-state index is -0.625. The molecule has 182 valence electrons. The van der Waals surface area contributed by atoms with E-state index in [1.54, 1.807) is 12.0 Å². The second kappa shape index (κ2) is 11.3. The first kappa shape index (κ1) is 23.9. The zero-order valence-electron chi connectivity index (χ0n) is 19.7. The van der Waals surface area contributed by atoms with Crippen LogP contribution < -0.4 is 30.2 Å². The molecule has 8 nitrogen and oxygen atoms in total. The first-order chi connectivity index (χ1) is 17.0. The number of guanidine groups is 1. The quantitative estimate of drug-likeness (QED) is 0.307. The number of benzene rings is 3. The van der Waals surface area contributed by atoms with E-state index in [1.165, 1.54) is 0 Å². The third-order valence-corrected chi connectivity index (χ3v) is 5.77. The number of carbonyl (C=O) groups is 1. The van der Waals surface area contributed by atoms with Crippen molar-refractivity contribution in [3.05, 3.63) is 83.9 Å². The van der Waals surface area contributed by atoms with E-state index in [0.29, 0.717) is 31.9 Å². The van der Waals surface area contributed by atoms with Crippen molar-refractivity contribution in [2.45, 2.75) is 25.5 Å². The van der Waals surface area contributed by atoms with Crippen LogP contribution in [0.2, 0.25) is 0 Å². The molecule has 0 radical (unpaired) electrons. The van der Waals surface area contributed by atoms with Crippen molar-refractivity contribution in [1.82, 2.24) is 5.32 Å². The molecule has 4 rings (SSSR count). The van der Waals surface area contributed by atoms with Gasteiger partial charge in [-0.15, -0.1) is 0 Å². The van der Waals surface area contributed by atoms with Crippen molar-refractivity contribution in [2.75, 3.05) is 25.2 Å². The van der Waals surface area contributed by atoms with Gasteiger partial charge in [0.1, 0.15) is 17.2 Å². The minimum Gasteiger partial charge on any atom is -0.497 e. The van der Waals surface area contributed by atoms with Gasteiger partial charge in [-0.3, -0.25) is 10.2 Å². The topological polar surface area (TPSA) is 110 Å². The molecule has 4 N–H and O–H groups in total. The molecule has 1 amide bonds. The molecule has 3 aromatic rings. The Morgan fingerprint density at radius 1 is 1.03 bits per heavy atom. The Hall–Kier alpha value is -4.20. The van der Waals surface area contributed by atoms with Crippen LogP contribution in [-0.2, 0) is 17.8 Å². The van der Waals surface area contributed by atoms with E-state index in [1.807, 2.05) is 72.8 Å². The Bertz CT molecular complexity index is 1150. The summed E-state index contributed by atoms with van der Waals surface area (Å²) in [5.41, 5.74) is 8.18. The number of nitrogens with two attached hydrogens (primary N) is 1. The van der Waals surface area contributed by atoms with E-state index >= 15 is 0 Å². The van der Waals surface area contributed by atoms with Crippen LogP contribution in [0.3, 0.4) is 0 Å². The van der Waals surface area contributed by atoms with Crippen molar-refractivity contribution in [3.63, 3.8) is 0 Å². The van der Waals surface area contributed by atoms with Crippen LogP contribution in [0.5, 0.6) is 17.2 Å². The molecular formula is C27H30N4O4. The number of nitrogens with zero attached hydrogens (tertiary/aromatic N) is 1. The van der Waals surface area contributed by atoms with Crippen molar-refractivity contribution < 1.29 is 19.0 Å². The maximum absolute atomic E-state index is 13.3. The SMILES string of the molecule is COc1ccc(CN2C(=O)C(CCOc3ccc(CCNC(=N)N)cc3)Oc3ccccc32)cc1. The molecule has 0 fully saturated rings. The predicted octanol–water partition coefficient (Wildman–Crippen LogP) is 3.48. The van der Waals surface area contributed by atoms with Gasteiger partial charge in [0.05, 0.1) is 25.9 Å². The fourth-order valence-electron chi connectivity index (χ4n) is 3.91. The van der Waals surface area contributed by atoms with Gasteiger partial charge in [0.15, 0.2) is 12.1 Å². The smallest absolute Gasteiger partial charge is 0.268 e. The molecule has 1 aliphatic heterocycles. The molecule has 0 aromatic heterocycles. The van der Waals surface area contributed by atoms with Gasteiger partial charge in [0.2, 0.25) is 0 Å². The van der Waals surface area contributed by atoms with Crippen molar-refractivity contribution in [2.24, 2.45) is 5.73 Å². The molecule has 0 saturated carbocycles. The Morgan fingerprint density at radius 2 is 1.71 bits per heavy atom. The monoisotopic (exact) mass is 474 g/mol. The zero-order chi connectivity index (χ0) is 24.6. The van der Waals surface area contributed by atoms with E-state index in [-0.39, 0.29) is 11.9 Å². The summed E-state index contributed by atoms with van der Waals surface area (Å²) in [6.45, 7) is 1.39. The number of ether oxygens (including phenoxy) is 3. The summed E-state index contributed by atoms with van der Waals surface area (Å²) in [7, 11) is 1.63. The van der Waals surface area contributed by atoms with Gasteiger partial charge in [-0.25, -0.2) is 0 Å². The average molecular weight is 475 g/mol. The van der Waals surface area contributed by atoms with Crippen LogP contribution in [0.4, 0.5) is 5.69 Å². The van der Waals surface area contributed by atoms with Gasteiger partial charge in [-0.2, -0.15) is 0 Å². The average Bonchev–Trinajstić information content (AvgIpc) is 2.87. The summed E-state index contributed by atoms with van der Waals surface area (Å²) in [5.74, 6) is 2.07. The predicted molar refractivity (Wildman–Crippen MR) is 135 cm³/mol. The van der Waals surface area contributed by atoms with E-state index in [9.17, 15) is 4.79 Å². The number of methoxy groups -OCH3 is 1. The molecule has 1 atom stereocenters. The summed E-state index contributed by atoms with van der Waals surface area (Å²) in [4.78, 5) is 15.1. The van der Waals surface area contributed by atoms with E-state index in [0.717, 1.165) is 34.7 Å². The highest BCUT2D eigenvalue weighted by Gasteiger charge is 2.34. The second-order valence-corrected chi connectivity index (χ2v) is 8.22. The Labute approximate surface area is 205 Å². The van der Waals surface area contributed by atoms with Gasteiger partial charge < -0.3 is 30.2 Å². The Kier molecular flexibility index (Phi) is 7.72. The van der Waals surface area contributed by atoms with Crippen LogP contribution in [-0.4, -0.2) is 38.2 Å². The highest BCUT2D eigenvalue weighted by Crippen LogP contribution is 2.35. The maximum atomic E-state index is 13.3. The molecule has 0 saturated heterocycles. The molecular weight excluding hydrogens is 444 g/mol. The van der Waals surface area contributed by atoms with Crippen LogP contribution >= 0.6 is 0 Å². The second-order valence-electron chi connectivity index (χ2n) is 8.22. The van der Waals surface area contributed by atoms with Gasteiger partial charge in [0.25, 0.3) is 5.91 Å². The molecule has 0 aliphatic carbocycles. The Morgan fingerprint density at radius 3 is 2.43 bits per heavy atom. The molecule has 35 heavy (non-hydrogen) atoms. The van der Waals surface area contributed by atoms with Crippen LogP contribution in [0.15, 0.2) is 72.8 Å². The third-order valence-electron chi connectivity index (χ3n) is 5.77. The standard InChI is InChI=1S/C27H30N4O4/c1-33-21-10-8-20(9-11-21)18-31-23-4-2-3-5-24(23)35-25(26(31)32)15-17-34-22-12-6-19(7-13-22)14-16-30-27(28)29/h2-13,25H,14-18H2,1H3,(H4,28,29,30). The molecule has 3 aromatic carbocycles. The molecule has 8 heteroatoms. The van der Waals surface area contributed by atoms with Crippen LogP contribution in [0.25, 0.3) is 0 Å². The highest BCUT2D eigenvalue weighted by molar-refractivity contribution is 5.99. The number of para-hydroxylation sites is 2. The molecule has 1 aliphatic rings. The number of carbonyl (C=O) groups excluding carboxylic acids is 1. The van der Waals surface area contributed by atoms with Gasteiger partial charge in [-0.1, -0.05) is 36.4 Å². The van der Waals surface area contributed by atoms with Crippen LogP contribution in [0, 0.1) is 5.41 Å². The first-order valence-electron chi connectivity index (χ1n) is 11.5. The van der Waals surface area contributed by atoms with Crippen LogP contribution in [0.1, 0.15) is 17.5 Å². The lowest BCUT2D eigenvalue weighted by Gasteiger charge is -2.34. The lowest BCUT2D eigenvalue weighted by molar-refractivity contribution is -0.127. The van der Waals surface area contributed by atoms with E-state index in [4.69, 9.17) is 25.4 Å². The lowest BCUT2D eigenvalue weighted by Crippen LogP contribution is -2.46. The van der Waals surface area contributed by atoms with Crippen molar-refractivity contribution >= 4 is 17.6 Å². The number of fused-ring (bicyclic) bond motifs is 1. The fourth-order valence-corrected chi connectivity index (χ4v) is 3.91. The van der Waals surface area contributed by atoms with Crippen molar-refractivity contribution in [3.8, 4) is 17.2 Å². The largest absolute Gasteiger partial charge is 0.497 e.